The minimum absolute atomic E-state index is 0.230. The Bertz CT molecular complexity index is 1100. The number of hydrogen-bond acceptors (Lipinski definition) is 2. The van der Waals surface area contributed by atoms with Crippen molar-refractivity contribution in [3.05, 3.63) is 83.6 Å². The van der Waals surface area contributed by atoms with E-state index in [0.717, 1.165) is 40.0 Å². The van der Waals surface area contributed by atoms with Gasteiger partial charge >= 0.3 is 0 Å². The fourth-order valence-electron chi connectivity index (χ4n) is 3.38. The standard InChI is InChI=1S/C24H23ClN2O/c1-3-16(2)24(28)19-6-4-5-18(13-19)20-9-12-23-26-22(15-27(23)14-20)17-7-10-21(25)11-8-17/h4-16,24,28H,3H2,1-2H3. The van der Waals surface area contributed by atoms with Crippen molar-refractivity contribution in [2.45, 2.75) is 26.4 Å². The number of imidazole rings is 1. The van der Waals surface area contributed by atoms with Crippen LogP contribution in [0.3, 0.4) is 0 Å². The number of pyridine rings is 1. The molecule has 0 saturated carbocycles. The molecule has 0 aliphatic carbocycles. The van der Waals surface area contributed by atoms with Crippen LogP contribution in [0.1, 0.15) is 31.9 Å². The second kappa shape index (κ2) is 7.78. The number of aliphatic hydroxyl groups excluding tert-OH is 1. The summed E-state index contributed by atoms with van der Waals surface area (Å²) in [4.78, 5) is 4.71. The molecular weight excluding hydrogens is 368 g/mol. The van der Waals surface area contributed by atoms with Gasteiger partial charge in [0.15, 0.2) is 0 Å². The number of halogens is 1. The van der Waals surface area contributed by atoms with Gasteiger partial charge in [-0.2, -0.15) is 0 Å². The van der Waals surface area contributed by atoms with Crippen molar-refractivity contribution in [2.75, 3.05) is 0 Å². The summed E-state index contributed by atoms with van der Waals surface area (Å²) in [6.07, 6.45) is 4.61. The lowest BCUT2D eigenvalue weighted by atomic mass is 9.93. The molecule has 4 aromatic rings. The first-order chi connectivity index (χ1) is 13.5. The Morgan fingerprint density at radius 1 is 0.964 bits per heavy atom. The van der Waals surface area contributed by atoms with Crippen LogP contribution in [-0.4, -0.2) is 14.5 Å². The van der Waals surface area contributed by atoms with E-state index in [9.17, 15) is 5.11 Å². The van der Waals surface area contributed by atoms with Gasteiger partial charge in [0, 0.05) is 23.0 Å². The Hall–Kier alpha value is -2.62. The maximum Gasteiger partial charge on any atom is 0.137 e. The summed E-state index contributed by atoms with van der Waals surface area (Å²) in [6, 6.07) is 20.0. The highest BCUT2D eigenvalue weighted by Gasteiger charge is 2.15. The molecule has 2 aromatic heterocycles. The highest BCUT2D eigenvalue weighted by molar-refractivity contribution is 6.30. The van der Waals surface area contributed by atoms with Gasteiger partial charge in [0.2, 0.25) is 0 Å². The summed E-state index contributed by atoms with van der Waals surface area (Å²) in [7, 11) is 0. The quantitative estimate of drug-likeness (QED) is 0.428. The number of nitrogens with zero attached hydrogens (tertiary/aromatic N) is 2. The molecule has 3 nitrogen and oxygen atoms in total. The molecule has 1 N–H and O–H groups in total. The van der Waals surface area contributed by atoms with Gasteiger partial charge in [0.25, 0.3) is 0 Å². The fourth-order valence-corrected chi connectivity index (χ4v) is 3.50. The summed E-state index contributed by atoms with van der Waals surface area (Å²) in [5.41, 5.74) is 5.97. The molecule has 2 heterocycles. The van der Waals surface area contributed by atoms with E-state index in [4.69, 9.17) is 16.6 Å². The van der Waals surface area contributed by atoms with Gasteiger partial charge in [-0.1, -0.05) is 62.2 Å². The molecule has 0 spiro atoms. The van der Waals surface area contributed by atoms with Gasteiger partial charge in [0.1, 0.15) is 5.65 Å². The Balaban J connectivity index is 1.69. The van der Waals surface area contributed by atoms with Gasteiger partial charge in [-0.05, 0) is 52.9 Å². The van der Waals surface area contributed by atoms with Crippen LogP contribution in [0, 0.1) is 5.92 Å². The average Bonchev–Trinajstić information content (AvgIpc) is 3.16. The minimum Gasteiger partial charge on any atom is -0.388 e. The van der Waals surface area contributed by atoms with Crippen molar-refractivity contribution in [3.8, 4) is 22.4 Å². The third-order valence-electron chi connectivity index (χ3n) is 5.34. The SMILES string of the molecule is CCC(C)C(O)c1cccc(-c2ccc3nc(-c4ccc(Cl)cc4)cn3c2)c1. The summed E-state index contributed by atoms with van der Waals surface area (Å²) in [5.74, 6) is 0.230. The van der Waals surface area contributed by atoms with Gasteiger partial charge in [0.05, 0.1) is 11.8 Å². The van der Waals surface area contributed by atoms with Crippen LogP contribution in [-0.2, 0) is 0 Å². The lowest BCUT2D eigenvalue weighted by molar-refractivity contribution is 0.115. The lowest BCUT2D eigenvalue weighted by Crippen LogP contribution is -2.08. The number of rotatable bonds is 5. The highest BCUT2D eigenvalue weighted by atomic mass is 35.5. The van der Waals surface area contributed by atoms with Gasteiger partial charge in [-0.15, -0.1) is 0 Å². The van der Waals surface area contributed by atoms with Crippen LogP contribution in [0.2, 0.25) is 5.02 Å². The molecule has 2 unspecified atom stereocenters. The Morgan fingerprint density at radius 3 is 2.46 bits per heavy atom. The molecule has 0 fully saturated rings. The van der Waals surface area contributed by atoms with Gasteiger partial charge in [-0.3, -0.25) is 0 Å². The van der Waals surface area contributed by atoms with E-state index in [0.29, 0.717) is 5.02 Å². The molecule has 0 amide bonds. The van der Waals surface area contributed by atoms with Crippen LogP contribution in [0.25, 0.3) is 28.0 Å². The molecule has 2 atom stereocenters. The van der Waals surface area contributed by atoms with E-state index in [1.807, 2.05) is 53.1 Å². The van der Waals surface area contributed by atoms with Crippen molar-refractivity contribution < 1.29 is 5.11 Å². The maximum atomic E-state index is 10.6. The maximum absolute atomic E-state index is 10.6. The number of aliphatic hydroxyl groups is 1. The predicted molar refractivity (Wildman–Crippen MR) is 115 cm³/mol. The van der Waals surface area contributed by atoms with E-state index >= 15 is 0 Å². The molecule has 4 rings (SSSR count). The molecule has 28 heavy (non-hydrogen) atoms. The topological polar surface area (TPSA) is 37.5 Å². The van der Waals surface area contributed by atoms with Crippen LogP contribution in [0.5, 0.6) is 0 Å². The zero-order chi connectivity index (χ0) is 19.7. The molecule has 142 valence electrons. The molecule has 0 bridgehead atoms. The highest BCUT2D eigenvalue weighted by Crippen LogP contribution is 2.29. The minimum atomic E-state index is -0.446. The monoisotopic (exact) mass is 390 g/mol. The Labute approximate surface area is 170 Å². The third kappa shape index (κ3) is 3.68. The van der Waals surface area contributed by atoms with E-state index in [1.54, 1.807) is 0 Å². The molecule has 0 aliphatic rings. The largest absolute Gasteiger partial charge is 0.388 e. The molecule has 0 radical (unpaired) electrons. The number of benzene rings is 2. The van der Waals surface area contributed by atoms with Gasteiger partial charge in [-0.25, -0.2) is 4.98 Å². The molecule has 2 aromatic carbocycles. The van der Waals surface area contributed by atoms with Gasteiger partial charge < -0.3 is 9.51 Å². The first-order valence-electron chi connectivity index (χ1n) is 9.58. The van der Waals surface area contributed by atoms with Crippen LogP contribution in [0.15, 0.2) is 73.1 Å². The average molecular weight is 391 g/mol. The molecule has 0 aliphatic heterocycles. The van der Waals surface area contributed by atoms with Crippen LogP contribution >= 0.6 is 11.6 Å². The lowest BCUT2D eigenvalue weighted by Gasteiger charge is -2.18. The zero-order valence-corrected chi connectivity index (χ0v) is 16.8. The number of aromatic nitrogens is 2. The first-order valence-corrected chi connectivity index (χ1v) is 9.96. The Morgan fingerprint density at radius 2 is 1.71 bits per heavy atom. The molecule has 0 saturated heterocycles. The normalized spacial score (nSPS) is 13.6. The second-order valence-electron chi connectivity index (χ2n) is 7.27. The summed E-state index contributed by atoms with van der Waals surface area (Å²) < 4.78 is 2.04. The summed E-state index contributed by atoms with van der Waals surface area (Å²) in [5, 5.41) is 11.3. The number of hydrogen-bond donors (Lipinski definition) is 1. The molecular formula is C24H23ClN2O. The second-order valence-corrected chi connectivity index (χ2v) is 7.71. The van der Waals surface area contributed by atoms with Crippen molar-refractivity contribution in [2.24, 2.45) is 5.92 Å². The van der Waals surface area contributed by atoms with E-state index in [1.165, 1.54) is 0 Å². The third-order valence-corrected chi connectivity index (χ3v) is 5.59. The predicted octanol–water partition coefficient (Wildman–Crippen LogP) is 6.40. The van der Waals surface area contributed by atoms with Crippen LogP contribution in [0.4, 0.5) is 0 Å². The first kappa shape index (κ1) is 18.7. The van der Waals surface area contributed by atoms with E-state index in [-0.39, 0.29) is 5.92 Å². The van der Waals surface area contributed by atoms with Crippen LogP contribution < -0.4 is 0 Å². The summed E-state index contributed by atoms with van der Waals surface area (Å²) >= 11 is 5.99. The summed E-state index contributed by atoms with van der Waals surface area (Å²) in [6.45, 7) is 4.18. The van der Waals surface area contributed by atoms with Crippen molar-refractivity contribution >= 4 is 17.2 Å². The Kier molecular flexibility index (Phi) is 5.21. The number of fused-ring (bicyclic) bond motifs is 1. The van der Waals surface area contributed by atoms with Crippen molar-refractivity contribution in [1.29, 1.82) is 0 Å². The zero-order valence-electron chi connectivity index (χ0n) is 16.0. The smallest absolute Gasteiger partial charge is 0.137 e. The molecule has 4 heteroatoms. The van der Waals surface area contributed by atoms with Crippen molar-refractivity contribution in [3.63, 3.8) is 0 Å². The fraction of sp³-hybridized carbons (Fsp3) is 0.208. The van der Waals surface area contributed by atoms with Crippen molar-refractivity contribution in [1.82, 2.24) is 9.38 Å². The van der Waals surface area contributed by atoms with E-state index in [2.05, 4.69) is 38.2 Å². The van der Waals surface area contributed by atoms with E-state index < -0.39 is 6.10 Å².